The van der Waals surface area contributed by atoms with Gasteiger partial charge in [-0.15, -0.1) is 11.3 Å². The van der Waals surface area contributed by atoms with E-state index in [1.807, 2.05) is 0 Å². The first-order valence-corrected chi connectivity index (χ1v) is 10.2. The number of hydrogen-bond donors (Lipinski definition) is 1. The Kier molecular flexibility index (Phi) is 5.27. The molecular formula is C21H15ClFN3O3S. The lowest BCUT2D eigenvalue weighted by Crippen LogP contribution is -2.40. The number of carbonyl (C=O) groups is 1. The Balaban J connectivity index is 1.83. The molecule has 1 amide bonds. The molecule has 6 nitrogen and oxygen atoms in total. The first-order valence-electron chi connectivity index (χ1n) is 8.91. The molecule has 4 aromatic rings. The van der Waals surface area contributed by atoms with Crippen LogP contribution < -0.4 is 16.6 Å². The number of hydrogen-bond acceptors (Lipinski definition) is 4. The second-order valence-electron chi connectivity index (χ2n) is 6.60. The first kappa shape index (κ1) is 20.1. The zero-order chi connectivity index (χ0) is 21.4. The average molecular weight is 444 g/mol. The largest absolute Gasteiger partial charge is 0.336 e. The molecule has 0 bridgehead atoms. The van der Waals surface area contributed by atoms with E-state index in [-0.39, 0.29) is 12.2 Å². The summed E-state index contributed by atoms with van der Waals surface area (Å²) in [4.78, 5) is 38.8. The molecule has 2 aromatic heterocycles. The van der Waals surface area contributed by atoms with Gasteiger partial charge in [-0.1, -0.05) is 23.7 Å². The molecule has 0 spiro atoms. The molecule has 0 aliphatic heterocycles. The van der Waals surface area contributed by atoms with Crippen molar-refractivity contribution in [3.05, 3.63) is 91.2 Å². The average Bonchev–Trinajstić information content (AvgIpc) is 3.19. The summed E-state index contributed by atoms with van der Waals surface area (Å²) in [7, 11) is 0. The van der Waals surface area contributed by atoms with Gasteiger partial charge in [-0.25, -0.2) is 13.8 Å². The third-order valence-electron chi connectivity index (χ3n) is 4.60. The second-order valence-corrected chi connectivity index (χ2v) is 7.93. The zero-order valence-electron chi connectivity index (χ0n) is 15.7. The van der Waals surface area contributed by atoms with E-state index in [0.717, 1.165) is 4.57 Å². The third kappa shape index (κ3) is 3.55. The van der Waals surface area contributed by atoms with Gasteiger partial charge in [0.25, 0.3) is 5.56 Å². The quantitative estimate of drug-likeness (QED) is 0.519. The Labute approximate surface area is 178 Å². The Morgan fingerprint density at radius 3 is 2.67 bits per heavy atom. The normalized spacial score (nSPS) is 11.0. The van der Waals surface area contributed by atoms with Crippen LogP contribution in [-0.4, -0.2) is 15.0 Å². The fraction of sp³-hybridized carbons (Fsp3) is 0.0952. The van der Waals surface area contributed by atoms with Crippen molar-refractivity contribution in [2.75, 3.05) is 5.32 Å². The number of nitrogens with zero attached hydrogens (tertiary/aromatic N) is 2. The highest BCUT2D eigenvalue weighted by Gasteiger charge is 2.19. The second kappa shape index (κ2) is 7.89. The standard InChI is InChI=1S/C21H15ClFN3O3S/c1-12-10-13(23)6-7-16(12)26-20(28)19-17(8-9-30-19)25(21(26)29)11-18(27)24-15-5-3-2-4-14(15)22/h2-10H,11H2,1H3,(H,24,27). The van der Waals surface area contributed by atoms with Crippen LogP contribution in [-0.2, 0) is 11.3 Å². The lowest BCUT2D eigenvalue weighted by molar-refractivity contribution is -0.116. The highest BCUT2D eigenvalue weighted by molar-refractivity contribution is 7.17. The third-order valence-corrected chi connectivity index (χ3v) is 5.83. The van der Waals surface area contributed by atoms with Gasteiger partial charge in [0, 0.05) is 0 Å². The van der Waals surface area contributed by atoms with Crippen LogP contribution in [0.4, 0.5) is 10.1 Å². The van der Waals surface area contributed by atoms with E-state index in [1.54, 1.807) is 42.6 Å². The summed E-state index contributed by atoms with van der Waals surface area (Å²) in [6, 6.07) is 12.2. The summed E-state index contributed by atoms with van der Waals surface area (Å²) in [5.41, 5.74) is 0.276. The van der Waals surface area contributed by atoms with Gasteiger partial charge >= 0.3 is 5.69 Å². The van der Waals surface area contributed by atoms with Crippen LogP contribution >= 0.6 is 22.9 Å². The zero-order valence-corrected chi connectivity index (χ0v) is 17.3. The molecule has 9 heteroatoms. The number of amides is 1. The van der Waals surface area contributed by atoms with Crippen LogP contribution in [0, 0.1) is 12.7 Å². The number of rotatable bonds is 4. The number of carbonyl (C=O) groups excluding carboxylic acids is 1. The van der Waals surface area contributed by atoms with Crippen LogP contribution in [0.5, 0.6) is 0 Å². The summed E-state index contributed by atoms with van der Waals surface area (Å²) in [6.45, 7) is 1.29. The van der Waals surface area contributed by atoms with Crippen molar-refractivity contribution in [1.29, 1.82) is 0 Å². The molecule has 0 saturated heterocycles. The number of fused-ring (bicyclic) bond motifs is 1. The van der Waals surface area contributed by atoms with Crippen molar-refractivity contribution in [3.8, 4) is 5.69 Å². The lowest BCUT2D eigenvalue weighted by Gasteiger charge is -2.14. The smallest absolute Gasteiger partial charge is 0.323 e. The number of thiophene rings is 1. The highest BCUT2D eigenvalue weighted by atomic mass is 35.5. The highest BCUT2D eigenvalue weighted by Crippen LogP contribution is 2.21. The fourth-order valence-corrected chi connectivity index (χ4v) is 4.23. The maximum absolute atomic E-state index is 13.5. The van der Waals surface area contributed by atoms with Gasteiger partial charge in [0.05, 0.1) is 21.9 Å². The minimum atomic E-state index is -0.685. The molecular weight excluding hydrogens is 429 g/mol. The van der Waals surface area contributed by atoms with E-state index in [9.17, 15) is 18.8 Å². The molecule has 0 aliphatic carbocycles. The molecule has 1 N–H and O–H groups in total. The summed E-state index contributed by atoms with van der Waals surface area (Å²) >= 11 is 7.25. The Bertz CT molecular complexity index is 1410. The van der Waals surface area contributed by atoms with Gasteiger partial charge in [0.15, 0.2) is 0 Å². The van der Waals surface area contributed by atoms with Crippen molar-refractivity contribution >= 4 is 44.7 Å². The van der Waals surface area contributed by atoms with Crippen LogP contribution in [0.15, 0.2) is 63.5 Å². The predicted molar refractivity (Wildman–Crippen MR) is 116 cm³/mol. The topological polar surface area (TPSA) is 73.1 Å². The van der Waals surface area contributed by atoms with Crippen LogP contribution in [0.2, 0.25) is 5.02 Å². The molecule has 4 rings (SSSR count). The Morgan fingerprint density at radius 2 is 1.93 bits per heavy atom. The molecule has 0 atom stereocenters. The van der Waals surface area contributed by atoms with Crippen LogP contribution in [0.25, 0.3) is 15.9 Å². The number of nitrogens with one attached hydrogen (secondary N) is 1. The summed E-state index contributed by atoms with van der Waals surface area (Å²) < 4.78 is 16.0. The number of aryl methyl sites for hydroxylation is 1. The monoisotopic (exact) mass is 443 g/mol. The van der Waals surface area contributed by atoms with E-state index in [2.05, 4.69) is 5.32 Å². The molecule has 0 radical (unpaired) electrons. The van der Waals surface area contributed by atoms with Gasteiger partial charge in [0.2, 0.25) is 5.91 Å². The van der Waals surface area contributed by atoms with Crippen LogP contribution in [0.1, 0.15) is 5.56 Å². The molecule has 30 heavy (non-hydrogen) atoms. The van der Waals surface area contributed by atoms with Crippen molar-refractivity contribution in [1.82, 2.24) is 9.13 Å². The maximum Gasteiger partial charge on any atom is 0.336 e. The lowest BCUT2D eigenvalue weighted by atomic mass is 10.2. The molecule has 0 unspecified atom stereocenters. The summed E-state index contributed by atoms with van der Waals surface area (Å²) in [6.07, 6.45) is 0. The predicted octanol–water partition coefficient (Wildman–Crippen LogP) is 3.95. The van der Waals surface area contributed by atoms with Gasteiger partial charge in [-0.05, 0) is 54.3 Å². The minimum absolute atomic E-state index is 0.266. The number of halogens is 2. The van der Waals surface area contributed by atoms with Gasteiger partial charge in [-0.3, -0.25) is 14.2 Å². The van der Waals surface area contributed by atoms with Crippen LogP contribution in [0.3, 0.4) is 0 Å². The summed E-state index contributed by atoms with van der Waals surface area (Å²) in [5, 5.41) is 4.71. The maximum atomic E-state index is 13.5. The van der Waals surface area contributed by atoms with Gasteiger partial charge < -0.3 is 5.32 Å². The summed E-state index contributed by atoms with van der Waals surface area (Å²) in [5.74, 6) is -0.945. The van der Waals surface area contributed by atoms with E-state index in [0.29, 0.717) is 26.5 Å². The fourth-order valence-electron chi connectivity index (χ4n) is 3.22. The molecule has 2 aromatic carbocycles. The Morgan fingerprint density at radius 1 is 1.17 bits per heavy atom. The SMILES string of the molecule is Cc1cc(F)ccc1-n1c(=O)c2sccc2n(CC(=O)Nc2ccccc2Cl)c1=O. The molecule has 0 aliphatic rings. The van der Waals surface area contributed by atoms with Gasteiger partial charge in [0.1, 0.15) is 17.1 Å². The number of anilines is 1. The molecule has 2 heterocycles. The van der Waals surface area contributed by atoms with Gasteiger partial charge in [-0.2, -0.15) is 0 Å². The van der Waals surface area contributed by atoms with E-state index in [1.165, 1.54) is 34.1 Å². The van der Waals surface area contributed by atoms with E-state index < -0.39 is 23.0 Å². The van der Waals surface area contributed by atoms with Crippen molar-refractivity contribution in [3.63, 3.8) is 0 Å². The first-order chi connectivity index (χ1) is 14.4. The van der Waals surface area contributed by atoms with Crippen molar-refractivity contribution in [2.45, 2.75) is 13.5 Å². The molecule has 0 fully saturated rings. The van der Waals surface area contributed by atoms with E-state index >= 15 is 0 Å². The molecule has 152 valence electrons. The number of para-hydroxylation sites is 1. The Hall–Kier alpha value is -3.23. The number of benzene rings is 2. The number of aromatic nitrogens is 2. The van der Waals surface area contributed by atoms with Crippen molar-refractivity contribution < 1.29 is 9.18 Å². The molecule has 0 saturated carbocycles. The van der Waals surface area contributed by atoms with E-state index in [4.69, 9.17) is 11.6 Å². The minimum Gasteiger partial charge on any atom is -0.323 e. The van der Waals surface area contributed by atoms with Crippen molar-refractivity contribution in [2.24, 2.45) is 0 Å².